The summed E-state index contributed by atoms with van der Waals surface area (Å²) in [5, 5.41) is 2.80. The second kappa shape index (κ2) is 8.82. The van der Waals surface area contributed by atoms with Crippen LogP contribution in [-0.2, 0) is 4.79 Å². The van der Waals surface area contributed by atoms with Gasteiger partial charge in [-0.25, -0.2) is 0 Å². The largest absolute Gasteiger partial charge is 0.497 e. The maximum atomic E-state index is 12.0. The number of amides is 1. The first-order valence-corrected chi connectivity index (χ1v) is 7.86. The Morgan fingerprint density at radius 1 is 1.08 bits per heavy atom. The Morgan fingerprint density at radius 3 is 2.54 bits per heavy atom. The fourth-order valence-corrected chi connectivity index (χ4v) is 2.12. The molecule has 5 nitrogen and oxygen atoms in total. The van der Waals surface area contributed by atoms with Gasteiger partial charge in [-0.2, -0.15) is 0 Å². The Bertz CT molecular complexity index is 672. The lowest BCUT2D eigenvalue weighted by atomic mass is 10.2. The number of methoxy groups -OCH3 is 1. The summed E-state index contributed by atoms with van der Waals surface area (Å²) >= 11 is 0. The van der Waals surface area contributed by atoms with Crippen LogP contribution in [0.3, 0.4) is 0 Å². The van der Waals surface area contributed by atoms with Gasteiger partial charge < -0.3 is 19.5 Å². The normalized spacial score (nSPS) is 11.5. The van der Waals surface area contributed by atoms with Crippen molar-refractivity contribution in [3.05, 3.63) is 54.1 Å². The van der Waals surface area contributed by atoms with E-state index in [0.29, 0.717) is 24.7 Å². The van der Waals surface area contributed by atoms with E-state index in [1.54, 1.807) is 20.1 Å². The van der Waals surface area contributed by atoms with Crippen LogP contribution in [0.25, 0.3) is 0 Å². The molecule has 128 valence electrons. The Balaban J connectivity index is 1.72. The predicted octanol–water partition coefficient (Wildman–Crippen LogP) is 2.97. The number of carbonyl (C=O) groups is 1. The number of benzene rings is 2. The zero-order chi connectivity index (χ0) is 17.4. The number of carbonyl (C=O) groups excluding carboxylic acids is 1. The number of hydrogen-bond donors (Lipinski definition) is 1. The van der Waals surface area contributed by atoms with E-state index in [9.17, 15) is 4.79 Å². The summed E-state index contributed by atoms with van der Waals surface area (Å²) in [6.07, 6.45) is -0.566. The highest BCUT2D eigenvalue weighted by Gasteiger charge is 2.14. The molecule has 2 rings (SSSR count). The van der Waals surface area contributed by atoms with E-state index >= 15 is 0 Å². The molecular weight excluding hydrogens is 306 g/mol. The highest BCUT2D eigenvalue weighted by molar-refractivity contribution is 5.80. The van der Waals surface area contributed by atoms with Gasteiger partial charge in [0.15, 0.2) is 6.10 Å². The van der Waals surface area contributed by atoms with Crippen molar-refractivity contribution in [2.24, 2.45) is 0 Å². The molecule has 0 aliphatic carbocycles. The van der Waals surface area contributed by atoms with Crippen molar-refractivity contribution >= 4 is 5.91 Å². The van der Waals surface area contributed by atoms with Gasteiger partial charge in [0.1, 0.15) is 23.9 Å². The average Bonchev–Trinajstić information content (AvgIpc) is 2.58. The minimum Gasteiger partial charge on any atom is -0.497 e. The smallest absolute Gasteiger partial charge is 0.260 e. The fraction of sp³-hybridized carbons (Fsp3) is 0.316. The standard InChI is InChI=1S/C19H23NO4/c1-14-6-4-9-18(12-14)24-15(2)19(21)20-10-11-23-17-8-5-7-16(13-17)22-3/h4-9,12-13,15H,10-11H2,1-3H3,(H,20,21)/t15-/m0/s1. The van der Waals surface area contributed by atoms with Gasteiger partial charge in [-0.1, -0.05) is 18.2 Å². The SMILES string of the molecule is COc1cccc(OCCNC(=O)[C@H](C)Oc2cccc(C)c2)c1. The highest BCUT2D eigenvalue weighted by Crippen LogP contribution is 2.18. The first kappa shape index (κ1) is 17.7. The molecule has 0 aromatic heterocycles. The molecule has 0 saturated carbocycles. The summed E-state index contributed by atoms with van der Waals surface area (Å²) in [4.78, 5) is 12.0. The summed E-state index contributed by atoms with van der Waals surface area (Å²) in [6.45, 7) is 4.47. The van der Waals surface area contributed by atoms with E-state index < -0.39 is 6.10 Å². The molecule has 0 aliphatic rings. The molecule has 0 aliphatic heterocycles. The fourth-order valence-electron chi connectivity index (χ4n) is 2.12. The van der Waals surface area contributed by atoms with Gasteiger partial charge in [0.05, 0.1) is 13.7 Å². The lowest BCUT2D eigenvalue weighted by Crippen LogP contribution is -2.38. The first-order chi connectivity index (χ1) is 11.6. The van der Waals surface area contributed by atoms with Crippen LogP contribution in [0.1, 0.15) is 12.5 Å². The first-order valence-electron chi connectivity index (χ1n) is 7.86. The minimum atomic E-state index is -0.566. The third kappa shape index (κ3) is 5.50. The molecule has 1 atom stereocenters. The van der Waals surface area contributed by atoms with Gasteiger partial charge in [-0.3, -0.25) is 4.79 Å². The van der Waals surface area contributed by atoms with Gasteiger partial charge in [0, 0.05) is 6.07 Å². The average molecular weight is 329 g/mol. The van der Waals surface area contributed by atoms with E-state index in [4.69, 9.17) is 14.2 Å². The predicted molar refractivity (Wildman–Crippen MR) is 92.8 cm³/mol. The molecule has 0 fully saturated rings. The third-order valence-corrected chi connectivity index (χ3v) is 3.38. The van der Waals surface area contributed by atoms with Gasteiger partial charge in [-0.15, -0.1) is 0 Å². The summed E-state index contributed by atoms with van der Waals surface area (Å²) in [7, 11) is 1.61. The number of rotatable bonds is 8. The number of ether oxygens (including phenoxy) is 3. The second-order valence-electron chi connectivity index (χ2n) is 5.40. The molecule has 0 bridgehead atoms. The summed E-state index contributed by atoms with van der Waals surface area (Å²) < 4.78 is 16.3. The van der Waals surface area contributed by atoms with Crippen LogP contribution in [0.2, 0.25) is 0 Å². The molecule has 0 heterocycles. The van der Waals surface area contributed by atoms with Crippen molar-refractivity contribution in [1.82, 2.24) is 5.32 Å². The summed E-state index contributed by atoms with van der Waals surface area (Å²) in [5.74, 6) is 1.94. The Labute approximate surface area is 142 Å². The lowest BCUT2D eigenvalue weighted by Gasteiger charge is -2.15. The number of hydrogen-bond acceptors (Lipinski definition) is 4. The van der Waals surface area contributed by atoms with E-state index in [2.05, 4.69) is 5.32 Å². The molecule has 1 N–H and O–H groups in total. The van der Waals surface area contributed by atoms with E-state index in [-0.39, 0.29) is 5.91 Å². The molecule has 2 aromatic rings. The van der Waals surface area contributed by atoms with Crippen molar-refractivity contribution in [2.75, 3.05) is 20.3 Å². The molecule has 0 unspecified atom stereocenters. The monoisotopic (exact) mass is 329 g/mol. The van der Waals surface area contributed by atoms with Crippen LogP contribution in [0.4, 0.5) is 0 Å². The number of aryl methyl sites for hydroxylation is 1. The van der Waals surface area contributed by atoms with Gasteiger partial charge in [0.25, 0.3) is 5.91 Å². The Hall–Kier alpha value is -2.69. The molecule has 1 amide bonds. The van der Waals surface area contributed by atoms with E-state index in [1.165, 1.54) is 0 Å². The molecule has 0 spiro atoms. The maximum absolute atomic E-state index is 12.0. The Morgan fingerprint density at radius 2 is 1.79 bits per heavy atom. The quantitative estimate of drug-likeness (QED) is 0.757. The van der Waals surface area contributed by atoms with Crippen LogP contribution in [0, 0.1) is 6.92 Å². The molecule has 24 heavy (non-hydrogen) atoms. The van der Waals surface area contributed by atoms with Gasteiger partial charge in [-0.05, 0) is 43.7 Å². The van der Waals surface area contributed by atoms with Crippen LogP contribution >= 0.6 is 0 Å². The molecule has 2 aromatic carbocycles. The van der Waals surface area contributed by atoms with Crippen LogP contribution in [0.5, 0.6) is 17.2 Å². The Kier molecular flexibility index (Phi) is 6.49. The number of nitrogens with one attached hydrogen (secondary N) is 1. The van der Waals surface area contributed by atoms with Gasteiger partial charge >= 0.3 is 0 Å². The zero-order valence-corrected chi connectivity index (χ0v) is 14.2. The highest BCUT2D eigenvalue weighted by atomic mass is 16.5. The molecular formula is C19H23NO4. The zero-order valence-electron chi connectivity index (χ0n) is 14.2. The summed E-state index contributed by atoms with van der Waals surface area (Å²) in [5.41, 5.74) is 1.09. The molecule has 0 saturated heterocycles. The lowest BCUT2D eigenvalue weighted by molar-refractivity contribution is -0.127. The van der Waals surface area contributed by atoms with E-state index in [1.807, 2.05) is 49.4 Å². The molecule has 5 heteroatoms. The van der Waals surface area contributed by atoms with Crippen molar-refractivity contribution < 1.29 is 19.0 Å². The van der Waals surface area contributed by atoms with E-state index in [0.717, 1.165) is 11.3 Å². The molecule has 0 radical (unpaired) electrons. The maximum Gasteiger partial charge on any atom is 0.260 e. The topological polar surface area (TPSA) is 56.8 Å². The van der Waals surface area contributed by atoms with Crippen LogP contribution in [-0.4, -0.2) is 32.3 Å². The van der Waals surface area contributed by atoms with Crippen molar-refractivity contribution in [2.45, 2.75) is 20.0 Å². The van der Waals surface area contributed by atoms with Crippen molar-refractivity contribution in [3.63, 3.8) is 0 Å². The van der Waals surface area contributed by atoms with Crippen molar-refractivity contribution in [1.29, 1.82) is 0 Å². The minimum absolute atomic E-state index is 0.175. The third-order valence-electron chi connectivity index (χ3n) is 3.38. The van der Waals surface area contributed by atoms with Gasteiger partial charge in [0.2, 0.25) is 0 Å². The summed E-state index contributed by atoms with van der Waals surface area (Å²) in [6, 6.07) is 15.0. The van der Waals surface area contributed by atoms with Crippen molar-refractivity contribution in [3.8, 4) is 17.2 Å². The van der Waals surface area contributed by atoms with Crippen LogP contribution < -0.4 is 19.5 Å². The second-order valence-corrected chi connectivity index (χ2v) is 5.40. The van der Waals surface area contributed by atoms with Crippen LogP contribution in [0.15, 0.2) is 48.5 Å².